The van der Waals surface area contributed by atoms with Gasteiger partial charge in [0.25, 0.3) is 5.69 Å². The van der Waals surface area contributed by atoms with Crippen LogP contribution in [0.4, 0.5) is 11.5 Å². The molecule has 1 aromatic carbocycles. The highest BCUT2D eigenvalue weighted by atomic mass is 32.2. The van der Waals surface area contributed by atoms with Gasteiger partial charge < -0.3 is 25.8 Å². The number of hydrogen-bond acceptors (Lipinski definition) is 11. The number of nitrogens with two attached hydrogens (primary N) is 1. The number of benzene rings is 1. The zero-order chi connectivity index (χ0) is 21.4. The summed E-state index contributed by atoms with van der Waals surface area (Å²) < 4.78 is 7.12. The largest absolute Gasteiger partial charge is 0.394 e. The number of aliphatic hydroxyl groups excluding tert-OH is 3. The molecule has 5 N–H and O–H groups in total. The first-order valence-electron chi connectivity index (χ1n) is 8.87. The molecule has 2 aromatic heterocycles. The lowest BCUT2D eigenvalue weighted by atomic mass is 10.1. The number of fused-ring (bicyclic) bond motifs is 1. The fraction of sp³-hybridized carbons (Fsp3) is 0.353. The van der Waals surface area contributed by atoms with Crippen LogP contribution in [0.15, 0.2) is 35.7 Å². The predicted molar refractivity (Wildman–Crippen MR) is 105 cm³/mol. The molecule has 3 aromatic rings. The standard InChI is InChI=1S/C17H18N6O6S/c18-14-11-15(20-7-19-14)22(16-13(26)12(25)10(5-24)29-16)17(21-11)30-6-8-2-1-3-9(4-8)23(27)28/h1-4,7,10,12-13,16,24-26H,5-6H2,(H2,18,19,20)/t10-,12-,13-,16-/m1/s1. The van der Waals surface area contributed by atoms with E-state index in [1.165, 1.54) is 34.8 Å². The smallest absolute Gasteiger partial charge is 0.269 e. The highest BCUT2D eigenvalue weighted by Gasteiger charge is 2.45. The van der Waals surface area contributed by atoms with Gasteiger partial charge >= 0.3 is 0 Å². The van der Waals surface area contributed by atoms with Crippen LogP contribution in [0.5, 0.6) is 0 Å². The van der Waals surface area contributed by atoms with E-state index < -0.39 is 36.1 Å². The van der Waals surface area contributed by atoms with Gasteiger partial charge in [0.05, 0.1) is 11.5 Å². The highest BCUT2D eigenvalue weighted by Crippen LogP contribution is 2.37. The summed E-state index contributed by atoms with van der Waals surface area (Å²) in [7, 11) is 0. The van der Waals surface area contributed by atoms with Crippen molar-refractivity contribution >= 4 is 34.4 Å². The van der Waals surface area contributed by atoms with Crippen molar-refractivity contribution in [3.63, 3.8) is 0 Å². The molecule has 13 heteroatoms. The summed E-state index contributed by atoms with van der Waals surface area (Å²) in [6.45, 7) is -0.478. The van der Waals surface area contributed by atoms with Gasteiger partial charge in [-0.2, -0.15) is 0 Å². The summed E-state index contributed by atoms with van der Waals surface area (Å²) in [4.78, 5) is 23.1. The molecular formula is C17H18N6O6S. The molecule has 30 heavy (non-hydrogen) atoms. The van der Waals surface area contributed by atoms with Crippen LogP contribution < -0.4 is 5.73 Å². The molecule has 3 heterocycles. The first-order chi connectivity index (χ1) is 14.4. The lowest BCUT2D eigenvalue weighted by Gasteiger charge is -2.19. The second kappa shape index (κ2) is 8.12. The van der Waals surface area contributed by atoms with E-state index in [4.69, 9.17) is 10.5 Å². The fourth-order valence-electron chi connectivity index (χ4n) is 3.24. The maximum atomic E-state index is 11.0. The number of ether oxygens (including phenoxy) is 1. The lowest BCUT2D eigenvalue weighted by Crippen LogP contribution is -2.33. The summed E-state index contributed by atoms with van der Waals surface area (Å²) in [5, 5.41) is 41.4. The Hall–Kier alpha value is -2.84. The summed E-state index contributed by atoms with van der Waals surface area (Å²) >= 11 is 1.22. The summed E-state index contributed by atoms with van der Waals surface area (Å²) in [6.07, 6.45) is -3.44. The highest BCUT2D eigenvalue weighted by molar-refractivity contribution is 7.98. The molecule has 158 valence electrons. The number of thioether (sulfide) groups is 1. The maximum absolute atomic E-state index is 11.0. The van der Waals surface area contributed by atoms with Crippen molar-refractivity contribution in [3.8, 4) is 0 Å². The third kappa shape index (κ3) is 3.57. The molecule has 0 saturated carbocycles. The van der Waals surface area contributed by atoms with E-state index in [0.29, 0.717) is 22.1 Å². The molecule has 1 aliphatic rings. The van der Waals surface area contributed by atoms with Gasteiger partial charge in [0.2, 0.25) is 0 Å². The molecule has 12 nitrogen and oxygen atoms in total. The Balaban J connectivity index is 1.71. The van der Waals surface area contributed by atoms with E-state index in [1.54, 1.807) is 12.1 Å². The maximum Gasteiger partial charge on any atom is 0.269 e. The summed E-state index contributed by atoms with van der Waals surface area (Å²) in [5.74, 6) is 0.454. The molecular weight excluding hydrogens is 416 g/mol. The minimum Gasteiger partial charge on any atom is -0.394 e. The normalized spacial score (nSPS) is 23.8. The van der Waals surface area contributed by atoms with E-state index in [2.05, 4.69) is 15.0 Å². The van der Waals surface area contributed by atoms with Crippen LogP contribution in [0.25, 0.3) is 11.2 Å². The second-order valence-corrected chi connectivity index (χ2v) is 7.58. The van der Waals surface area contributed by atoms with Crippen molar-refractivity contribution in [3.05, 3.63) is 46.3 Å². The van der Waals surface area contributed by atoms with Crippen molar-refractivity contribution in [1.29, 1.82) is 0 Å². The van der Waals surface area contributed by atoms with Crippen LogP contribution in [0, 0.1) is 10.1 Å². The molecule has 0 spiro atoms. The monoisotopic (exact) mass is 434 g/mol. The number of non-ortho nitro benzene ring substituents is 1. The van der Waals surface area contributed by atoms with Gasteiger partial charge in [-0.1, -0.05) is 23.9 Å². The van der Waals surface area contributed by atoms with E-state index in [1.807, 2.05) is 0 Å². The minimum atomic E-state index is -1.34. The van der Waals surface area contributed by atoms with E-state index in [0.717, 1.165) is 0 Å². The fourth-order valence-corrected chi connectivity index (χ4v) is 4.20. The van der Waals surface area contributed by atoms with Crippen LogP contribution >= 0.6 is 11.8 Å². The number of aliphatic hydroxyl groups is 3. The van der Waals surface area contributed by atoms with Gasteiger partial charge in [-0.05, 0) is 5.56 Å². The number of aromatic nitrogens is 4. The Morgan fingerprint density at radius 3 is 2.80 bits per heavy atom. The lowest BCUT2D eigenvalue weighted by molar-refractivity contribution is -0.384. The molecule has 1 aliphatic heterocycles. The van der Waals surface area contributed by atoms with Crippen molar-refractivity contribution in [2.75, 3.05) is 12.3 Å². The van der Waals surface area contributed by atoms with E-state index in [-0.39, 0.29) is 17.0 Å². The Kier molecular flexibility index (Phi) is 5.53. The van der Waals surface area contributed by atoms with Gasteiger partial charge in [-0.3, -0.25) is 14.7 Å². The van der Waals surface area contributed by atoms with Crippen molar-refractivity contribution in [2.24, 2.45) is 0 Å². The number of nitrogen functional groups attached to an aromatic ring is 1. The van der Waals surface area contributed by atoms with Crippen molar-refractivity contribution in [1.82, 2.24) is 19.5 Å². The number of nitrogens with zero attached hydrogens (tertiary/aromatic N) is 5. The molecule has 0 radical (unpaired) electrons. The molecule has 1 saturated heterocycles. The van der Waals surface area contributed by atoms with Gasteiger partial charge in [-0.25, -0.2) is 15.0 Å². The zero-order valence-corrected chi connectivity index (χ0v) is 16.2. The molecule has 1 fully saturated rings. The van der Waals surface area contributed by atoms with Crippen LogP contribution in [0.2, 0.25) is 0 Å². The average Bonchev–Trinajstić information content (AvgIpc) is 3.25. The number of hydrogen-bond donors (Lipinski definition) is 4. The quantitative estimate of drug-likeness (QED) is 0.236. The Labute approximate surface area is 173 Å². The van der Waals surface area contributed by atoms with Crippen LogP contribution in [-0.4, -0.2) is 64.7 Å². The number of anilines is 1. The van der Waals surface area contributed by atoms with Crippen molar-refractivity contribution < 1.29 is 25.0 Å². The summed E-state index contributed by atoms with van der Waals surface area (Å²) in [5.41, 5.74) is 7.15. The molecule has 0 unspecified atom stereocenters. The SMILES string of the molecule is Nc1ncnc2c1nc(SCc1cccc([N+](=O)[O-])c1)n2[C@@H]1O[C@H](CO)[C@@H](O)[C@H]1O. The third-order valence-electron chi connectivity index (χ3n) is 4.73. The number of rotatable bonds is 6. The molecule has 4 atom stereocenters. The molecule has 0 bridgehead atoms. The second-order valence-electron chi connectivity index (χ2n) is 6.64. The van der Waals surface area contributed by atoms with Gasteiger partial charge in [-0.15, -0.1) is 0 Å². The number of imidazole rings is 1. The van der Waals surface area contributed by atoms with Crippen LogP contribution in [-0.2, 0) is 10.5 Å². The van der Waals surface area contributed by atoms with Crippen LogP contribution in [0.3, 0.4) is 0 Å². The van der Waals surface area contributed by atoms with Gasteiger partial charge in [0.15, 0.2) is 28.4 Å². The van der Waals surface area contributed by atoms with Crippen LogP contribution in [0.1, 0.15) is 11.8 Å². The molecule has 4 rings (SSSR count). The Morgan fingerprint density at radius 2 is 2.10 bits per heavy atom. The van der Waals surface area contributed by atoms with E-state index in [9.17, 15) is 25.4 Å². The molecule has 0 amide bonds. The predicted octanol–water partition coefficient (Wildman–Crippen LogP) is 0.220. The number of nitro benzene ring substituents is 1. The first kappa shape index (κ1) is 20.4. The first-order valence-corrected chi connectivity index (χ1v) is 9.86. The average molecular weight is 434 g/mol. The summed E-state index contributed by atoms with van der Waals surface area (Å²) in [6, 6.07) is 6.19. The minimum absolute atomic E-state index is 0.0276. The Bertz CT molecular complexity index is 1090. The van der Waals surface area contributed by atoms with Gasteiger partial charge in [0, 0.05) is 17.9 Å². The van der Waals surface area contributed by atoms with Crippen molar-refractivity contribution in [2.45, 2.75) is 35.4 Å². The Morgan fingerprint density at radius 1 is 1.30 bits per heavy atom. The third-order valence-corrected chi connectivity index (χ3v) is 5.76. The van der Waals surface area contributed by atoms with E-state index >= 15 is 0 Å². The number of nitro groups is 1. The van der Waals surface area contributed by atoms with Gasteiger partial charge in [0.1, 0.15) is 24.6 Å². The topological polar surface area (TPSA) is 183 Å². The molecule has 0 aliphatic carbocycles. The zero-order valence-electron chi connectivity index (χ0n) is 15.4.